The van der Waals surface area contributed by atoms with Gasteiger partial charge in [-0.05, 0) is 40.5 Å². The van der Waals surface area contributed by atoms with Gasteiger partial charge in [0.1, 0.15) is 5.75 Å². The number of benzene rings is 1. The Morgan fingerprint density at radius 1 is 1.45 bits per heavy atom. The van der Waals surface area contributed by atoms with Crippen LogP contribution in [0.1, 0.15) is 18.5 Å². The summed E-state index contributed by atoms with van der Waals surface area (Å²) in [7, 11) is 1.28. The molecule has 1 aliphatic rings. The molecule has 0 bridgehead atoms. The van der Waals surface area contributed by atoms with Crippen LogP contribution in [-0.4, -0.2) is 24.2 Å². The highest BCUT2D eigenvalue weighted by Crippen LogP contribution is 2.32. The molecule has 2 amide bonds. The molecule has 7 heteroatoms. The number of methoxy groups -OCH3 is 1. The number of carbonyl (C=O) groups is 2. The number of ether oxygens (including phenoxy) is 1. The predicted octanol–water partition coefficient (Wildman–Crippen LogP) is 1.96. The van der Waals surface area contributed by atoms with Crippen molar-refractivity contribution in [2.45, 2.75) is 13.0 Å². The van der Waals surface area contributed by atoms with E-state index >= 15 is 0 Å². The van der Waals surface area contributed by atoms with Crippen molar-refractivity contribution in [2.24, 2.45) is 0 Å². The molecular weight excluding hydrogens is 328 g/mol. The summed E-state index contributed by atoms with van der Waals surface area (Å²) in [6, 6.07) is 3.73. The van der Waals surface area contributed by atoms with Gasteiger partial charge in [-0.25, -0.2) is 9.59 Å². The highest BCUT2D eigenvalue weighted by molar-refractivity contribution is 9.10. The lowest BCUT2D eigenvalue weighted by molar-refractivity contribution is -0.136. The molecule has 0 spiro atoms. The quantitative estimate of drug-likeness (QED) is 0.718. The van der Waals surface area contributed by atoms with Crippen LogP contribution >= 0.6 is 15.9 Å². The Labute approximate surface area is 123 Å². The van der Waals surface area contributed by atoms with Gasteiger partial charge in [-0.3, -0.25) is 0 Å². The largest absolute Gasteiger partial charge is 0.507 e. The van der Waals surface area contributed by atoms with Gasteiger partial charge in [0.05, 0.1) is 23.2 Å². The lowest BCUT2D eigenvalue weighted by atomic mass is 9.95. The first-order chi connectivity index (χ1) is 9.43. The van der Waals surface area contributed by atoms with Gasteiger partial charge in [0.2, 0.25) is 0 Å². The van der Waals surface area contributed by atoms with E-state index in [-0.39, 0.29) is 5.75 Å². The number of aromatic hydroxyl groups is 1. The molecule has 106 valence electrons. The van der Waals surface area contributed by atoms with Crippen molar-refractivity contribution >= 4 is 27.9 Å². The number of nitrogens with one attached hydrogen (secondary N) is 2. The van der Waals surface area contributed by atoms with Gasteiger partial charge in [0.15, 0.2) is 0 Å². The maximum absolute atomic E-state index is 11.9. The normalized spacial score (nSPS) is 18.4. The number of hydrogen-bond acceptors (Lipinski definition) is 4. The molecule has 0 saturated carbocycles. The molecular formula is C13H13BrN2O4. The monoisotopic (exact) mass is 340 g/mol. The molecule has 20 heavy (non-hydrogen) atoms. The predicted molar refractivity (Wildman–Crippen MR) is 74.9 cm³/mol. The van der Waals surface area contributed by atoms with E-state index in [1.54, 1.807) is 19.1 Å². The third kappa shape index (κ3) is 2.62. The van der Waals surface area contributed by atoms with Crippen LogP contribution in [0.15, 0.2) is 33.9 Å². The van der Waals surface area contributed by atoms with E-state index in [9.17, 15) is 14.7 Å². The van der Waals surface area contributed by atoms with E-state index in [0.29, 0.717) is 21.3 Å². The Morgan fingerprint density at radius 3 is 2.75 bits per heavy atom. The number of hydrogen-bond donors (Lipinski definition) is 3. The van der Waals surface area contributed by atoms with Crippen LogP contribution < -0.4 is 10.6 Å². The average molecular weight is 341 g/mol. The second-order valence-electron chi connectivity index (χ2n) is 4.27. The fourth-order valence-corrected chi connectivity index (χ4v) is 2.42. The second-order valence-corrected chi connectivity index (χ2v) is 5.13. The Balaban J connectivity index is 2.50. The van der Waals surface area contributed by atoms with Crippen molar-refractivity contribution < 1.29 is 19.4 Å². The molecule has 1 aromatic rings. The zero-order chi connectivity index (χ0) is 14.9. The van der Waals surface area contributed by atoms with E-state index in [1.807, 2.05) is 0 Å². The third-order valence-corrected chi connectivity index (χ3v) is 3.61. The molecule has 0 aromatic heterocycles. The first-order valence-electron chi connectivity index (χ1n) is 5.79. The molecule has 0 fully saturated rings. The number of carbonyl (C=O) groups excluding carboxylic acids is 2. The smallest absolute Gasteiger partial charge is 0.337 e. The average Bonchev–Trinajstić information content (AvgIpc) is 2.40. The maximum Gasteiger partial charge on any atom is 0.337 e. The van der Waals surface area contributed by atoms with Gasteiger partial charge >= 0.3 is 12.0 Å². The number of esters is 1. The van der Waals surface area contributed by atoms with E-state index in [2.05, 4.69) is 26.6 Å². The zero-order valence-corrected chi connectivity index (χ0v) is 12.4. The summed E-state index contributed by atoms with van der Waals surface area (Å²) in [6.45, 7) is 1.63. The molecule has 0 saturated heterocycles. The Kier molecular flexibility index (Phi) is 3.99. The van der Waals surface area contributed by atoms with Crippen molar-refractivity contribution in [1.29, 1.82) is 0 Å². The van der Waals surface area contributed by atoms with E-state index in [4.69, 9.17) is 4.74 Å². The number of allylic oxidation sites excluding steroid dienone is 1. The van der Waals surface area contributed by atoms with Gasteiger partial charge in [0, 0.05) is 5.70 Å². The summed E-state index contributed by atoms with van der Waals surface area (Å²) in [5, 5.41) is 14.7. The topological polar surface area (TPSA) is 87.7 Å². The molecule has 6 nitrogen and oxygen atoms in total. The first-order valence-corrected chi connectivity index (χ1v) is 6.58. The summed E-state index contributed by atoms with van der Waals surface area (Å²) < 4.78 is 5.23. The summed E-state index contributed by atoms with van der Waals surface area (Å²) in [4.78, 5) is 23.5. The number of halogens is 1. The van der Waals surface area contributed by atoms with Crippen LogP contribution in [0.4, 0.5) is 4.79 Å². The van der Waals surface area contributed by atoms with Crippen LogP contribution in [0.3, 0.4) is 0 Å². The van der Waals surface area contributed by atoms with Gasteiger partial charge in [-0.2, -0.15) is 0 Å². The summed E-state index contributed by atoms with van der Waals surface area (Å²) in [6.07, 6.45) is 0. The van der Waals surface area contributed by atoms with Gasteiger partial charge in [-0.1, -0.05) is 6.07 Å². The Morgan fingerprint density at radius 2 is 2.15 bits per heavy atom. The second kappa shape index (κ2) is 5.54. The van der Waals surface area contributed by atoms with Gasteiger partial charge in [-0.15, -0.1) is 0 Å². The molecule has 2 rings (SSSR count). The number of urea groups is 1. The maximum atomic E-state index is 11.9. The third-order valence-electron chi connectivity index (χ3n) is 2.98. The number of phenolic OH excluding ortho intramolecular Hbond substituents is 1. The van der Waals surface area contributed by atoms with Crippen molar-refractivity contribution in [3.05, 3.63) is 39.5 Å². The summed E-state index contributed by atoms with van der Waals surface area (Å²) >= 11 is 3.21. The van der Waals surface area contributed by atoms with Crippen LogP contribution in [0, 0.1) is 0 Å². The van der Waals surface area contributed by atoms with E-state index in [1.165, 1.54) is 13.2 Å². The Bertz CT molecular complexity index is 612. The molecule has 3 N–H and O–H groups in total. The molecule has 0 aliphatic carbocycles. The molecule has 1 aliphatic heterocycles. The van der Waals surface area contributed by atoms with Crippen LogP contribution in [0.5, 0.6) is 5.75 Å². The Hall–Kier alpha value is -2.02. The lowest BCUT2D eigenvalue weighted by Crippen LogP contribution is -2.45. The number of phenols is 1. The molecule has 0 unspecified atom stereocenters. The van der Waals surface area contributed by atoms with E-state index in [0.717, 1.165) is 0 Å². The van der Waals surface area contributed by atoms with Crippen LogP contribution in [-0.2, 0) is 9.53 Å². The molecule has 0 radical (unpaired) electrons. The van der Waals surface area contributed by atoms with Crippen molar-refractivity contribution in [2.75, 3.05) is 7.11 Å². The highest BCUT2D eigenvalue weighted by Gasteiger charge is 2.31. The SMILES string of the molecule is COC(=O)C1=C(C)NC(=O)N[C@@H]1c1ccc(O)c(Br)c1. The van der Waals surface area contributed by atoms with Crippen molar-refractivity contribution in [3.8, 4) is 5.75 Å². The van der Waals surface area contributed by atoms with Crippen molar-refractivity contribution in [3.63, 3.8) is 0 Å². The standard InChI is InChI=1S/C13H13BrN2O4/c1-6-10(12(18)20-2)11(16-13(19)15-6)7-3-4-9(17)8(14)5-7/h3-5,11,17H,1-2H3,(H2,15,16,19)/t11-/m1/s1. The van der Waals surface area contributed by atoms with E-state index < -0.39 is 18.0 Å². The first kappa shape index (κ1) is 14.4. The van der Waals surface area contributed by atoms with Crippen LogP contribution in [0.25, 0.3) is 0 Å². The van der Waals surface area contributed by atoms with Gasteiger partial charge < -0.3 is 20.5 Å². The minimum Gasteiger partial charge on any atom is -0.507 e. The van der Waals surface area contributed by atoms with Crippen molar-refractivity contribution in [1.82, 2.24) is 10.6 Å². The highest BCUT2D eigenvalue weighted by atomic mass is 79.9. The molecule has 1 aromatic carbocycles. The zero-order valence-electron chi connectivity index (χ0n) is 10.9. The number of amides is 2. The van der Waals surface area contributed by atoms with Gasteiger partial charge in [0.25, 0.3) is 0 Å². The minimum atomic E-state index is -0.631. The lowest BCUT2D eigenvalue weighted by Gasteiger charge is -2.28. The summed E-state index contributed by atoms with van der Waals surface area (Å²) in [5.74, 6) is -0.446. The number of rotatable bonds is 2. The minimum absolute atomic E-state index is 0.0781. The summed E-state index contributed by atoms with van der Waals surface area (Å²) in [5.41, 5.74) is 1.42. The fraction of sp³-hybridized carbons (Fsp3) is 0.231. The van der Waals surface area contributed by atoms with Crippen LogP contribution in [0.2, 0.25) is 0 Å². The fourth-order valence-electron chi connectivity index (χ4n) is 2.03. The molecule has 1 atom stereocenters. The molecule has 1 heterocycles.